The molecular formula is C16H22Cl2FN3O. The van der Waals surface area contributed by atoms with Crippen LogP contribution < -0.4 is 10.1 Å². The summed E-state index contributed by atoms with van der Waals surface area (Å²) in [6.07, 6.45) is 5.83. The third-order valence-corrected chi connectivity index (χ3v) is 4.06. The van der Waals surface area contributed by atoms with Crippen LogP contribution in [0.4, 0.5) is 4.39 Å². The summed E-state index contributed by atoms with van der Waals surface area (Å²) < 4.78 is 21.1. The number of methoxy groups -OCH3 is 1. The van der Waals surface area contributed by atoms with Gasteiger partial charge in [-0.05, 0) is 44.5 Å². The number of aromatic nitrogens is 2. The first-order chi connectivity index (χ1) is 10.2. The molecule has 7 heteroatoms. The Kier molecular flexibility index (Phi) is 7.32. The van der Waals surface area contributed by atoms with Crippen molar-refractivity contribution in [1.29, 1.82) is 0 Å². The van der Waals surface area contributed by atoms with Crippen molar-refractivity contribution in [3.05, 3.63) is 36.4 Å². The highest BCUT2D eigenvalue weighted by molar-refractivity contribution is 5.85. The van der Waals surface area contributed by atoms with Crippen LogP contribution in [0.5, 0.6) is 5.75 Å². The van der Waals surface area contributed by atoms with Crippen molar-refractivity contribution in [2.24, 2.45) is 0 Å². The molecule has 128 valence electrons. The maximum absolute atomic E-state index is 13.6. The number of ether oxygens (including phenoxy) is 1. The van der Waals surface area contributed by atoms with E-state index in [0.29, 0.717) is 23.4 Å². The van der Waals surface area contributed by atoms with Gasteiger partial charge in [0.2, 0.25) is 0 Å². The van der Waals surface area contributed by atoms with Crippen LogP contribution in [0.25, 0.3) is 11.4 Å². The molecule has 1 N–H and O–H groups in total. The van der Waals surface area contributed by atoms with Gasteiger partial charge in [-0.3, -0.25) is 0 Å². The van der Waals surface area contributed by atoms with E-state index in [2.05, 4.69) is 21.8 Å². The van der Waals surface area contributed by atoms with Crippen molar-refractivity contribution >= 4 is 24.8 Å². The van der Waals surface area contributed by atoms with Crippen LogP contribution in [0, 0.1) is 5.82 Å². The van der Waals surface area contributed by atoms with Crippen molar-refractivity contribution < 1.29 is 9.13 Å². The van der Waals surface area contributed by atoms with Crippen molar-refractivity contribution in [2.45, 2.75) is 31.8 Å². The standard InChI is InChI=1S/C16H20FN3O.2ClH/c1-11-9-13(5-6-18-11)20-8-7-19-16(20)14-10-12(17)3-4-15(14)21-2;;/h3-4,7-8,10-11,13,18H,5-6,9H2,1-2H3;2*1H/t11-,13+;;/m0../s1. The predicted octanol–water partition coefficient (Wildman–Crippen LogP) is 3.85. The van der Waals surface area contributed by atoms with E-state index in [1.54, 1.807) is 19.4 Å². The van der Waals surface area contributed by atoms with Crippen LogP contribution in [0.1, 0.15) is 25.8 Å². The highest BCUT2D eigenvalue weighted by Crippen LogP contribution is 2.33. The minimum absolute atomic E-state index is 0. The molecule has 0 aliphatic carbocycles. The molecule has 2 heterocycles. The molecule has 0 spiro atoms. The number of nitrogens with one attached hydrogen (secondary N) is 1. The van der Waals surface area contributed by atoms with E-state index in [1.807, 2.05) is 6.20 Å². The summed E-state index contributed by atoms with van der Waals surface area (Å²) in [5.41, 5.74) is 0.702. The number of rotatable bonds is 3. The van der Waals surface area contributed by atoms with Gasteiger partial charge < -0.3 is 14.6 Å². The average molecular weight is 362 g/mol. The number of benzene rings is 1. The molecule has 0 amide bonds. The van der Waals surface area contributed by atoms with Crippen LogP contribution in [-0.2, 0) is 0 Å². The summed E-state index contributed by atoms with van der Waals surface area (Å²) in [6.45, 7) is 3.18. The zero-order chi connectivity index (χ0) is 14.8. The van der Waals surface area contributed by atoms with Crippen molar-refractivity contribution in [3.63, 3.8) is 0 Å². The Labute approximate surface area is 148 Å². The lowest BCUT2D eigenvalue weighted by atomic mass is 10.00. The molecule has 4 nitrogen and oxygen atoms in total. The molecule has 1 aromatic carbocycles. The van der Waals surface area contributed by atoms with E-state index in [0.717, 1.165) is 25.2 Å². The maximum atomic E-state index is 13.6. The largest absolute Gasteiger partial charge is 0.496 e. The first-order valence-electron chi connectivity index (χ1n) is 7.29. The molecule has 1 aliphatic rings. The number of imidazole rings is 1. The molecular weight excluding hydrogens is 340 g/mol. The third-order valence-electron chi connectivity index (χ3n) is 4.06. The fraction of sp³-hybridized carbons (Fsp3) is 0.438. The number of halogens is 3. The van der Waals surface area contributed by atoms with Gasteiger partial charge in [0.05, 0.1) is 12.7 Å². The van der Waals surface area contributed by atoms with Gasteiger partial charge in [0.25, 0.3) is 0 Å². The highest BCUT2D eigenvalue weighted by Gasteiger charge is 2.23. The first kappa shape index (κ1) is 19.7. The van der Waals surface area contributed by atoms with Crippen molar-refractivity contribution in [1.82, 2.24) is 14.9 Å². The topological polar surface area (TPSA) is 39.1 Å². The lowest BCUT2D eigenvalue weighted by Crippen LogP contribution is -2.36. The van der Waals surface area contributed by atoms with Gasteiger partial charge in [0.15, 0.2) is 0 Å². The second kappa shape index (κ2) is 8.52. The second-order valence-electron chi connectivity index (χ2n) is 5.54. The Balaban J connectivity index is 0.00000132. The molecule has 1 saturated heterocycles. The van der Waals surface area contributed by atoms with Gasteiger partial charge in [0.1, 0.15) is 17.4 Å². The molecule has 0 unspecified atom stereocenters. The van der Waals surface area contributed by atoms with Crippen molar-refractivity contribution in [3.8, 4) is 17.1 Å². The van der Waals surface area contributed by atoms with E-state index in [4.69, 9.17) is 4.74 Å². The van der Waals surface area contributed by atoms with Crippen LogP contribution in [0.2, 0.25) is 0 Å². The van der Waals surface area contributed by atoms with E-state index in [1.165, 1.54) is 12.1 Å². The van der Waals surface area contributed by atoms with Crippen LogP contribution in [0.3, 0.4) is 0 Å². The third kappa shape index (κ3) is 4.16. The van der Waals surface area contributed by atoms with Crippen LogP contribution in [0.15, 0.2) is 30.6 Å². The summed E-state index contributed by atoms with van der Waals surface area (Å²) in [4.78, 5) is 4.43. The normalized spacial score (nSPS) is 20.3. The lowest BCUT2D eigenvalue weighted by Gasteiger charge is -2.30. The molecule has 3 rings (SSSR count). The summed E-state index contributed by atoms with van der Waals surface area (Å²) in [5, 5.41) is 3.45. The minimum Gasteiger partial charge on any atom is -0.496 e. The number of nitrogens with zero attached hydrogens (tertiary/aromatic N) is 2. The average Bonchev–Trinajstić information content (AvgIpc) is 2.96. The van der Waals surface area contributed by atoms with E-state index >= 15 is 0 Å². The number of hydrogen-bond donors (Lipinski definition) is 1. The van der Waals surface area contributed by atoms with Gasteiger partial charge in [0, 0.05) is 24.5 Å². The molecule has 1 aliphatic heterocycles. The highest BCUT2D eigenvalue weighted by atomic mass is 35.5. The lowest BCUT2D eigenvalue weighted by molar-refractivity contribution is 0.315. The first-order valence-corrected chi connectivity index (χ1v) is 7.29. The number of hydrogen-bond acceptors (Lipinski definition) is 3. The van der Waals surface area contributed by atoms with Crippen LogP contribution >= 0.6 is 24.8 Å². The monoisotopic (exact) mass is 361 g/mol. The Morgan fingerprint density at radius 1 is 1.35 bits per heavy atom. The predicted molar refractivity (Wildman–Crippen MR) is 94.4 cm³/mol. The molecule has 2 atom stereocenters. The fourth-order valence-corrected chi connectivity index (χ4v) is 3.03. The minimum atomic E-state index is -0.279. The Morgan fingerprint density at radius 3 is 2.83 bits per heavy atom. The van der Waals surface area contributed by atoms with Gasteiger partial charge in [-0.15, -0.1) is 24.8 Å². The van der Waals surface area contributed by atoms with Crippen molar-refractivity contribution in [2.75, 3.05) is 13.7 Å². The van der Waals surface area contributed by atoms with E-state index < -0.39 is 0 Å². The smallest absolute Gasteiger partial charge is 0.144 e. The summed E-state index contributed by atoms with van der Waals surface area (Å²) >= 11 is 0. The van der Waals surface area contributed by atoms with Gasteiger partial charge in [-0.2, -0.15) is 0 Å². The molecule has 0 radical (unpaired) electrons. The Hall–Kier alpha value is -1.30. The quantitative estimate of drug-likeness (QED) is 0.902. The van der Waals surface area contributed by atoms with Gasteiger partial charge in [-0.25, -0.2) is 9.37 Å². The van der Waals surface area contributed by atoms with E-state index in [9.17, 15) is 4.39 Å². The number of piperidine rings is 1. The zero-order valence-corrected chi connectivity index (χ0v) is 14.8. The Bertz CT molecular complexity index is 636. The maximum Gasteiger partial charge on any atom is 0.144 e. The Morgan fingerprint density at radius 2 is 2.13 bits per heavy atom. The molecule has 0 saturated carbocycles. The second-order valence-corrected chi connectivity index (χ2v) is 5.54. The summed E-state index contributed by atoms with van der Waals surface area (Å²) in [7, 11) is 1.59. The molecule has 1 fully saturated rings. The van der Waals surface area contributed by atoms with E-state index in [-0.39, 0.29) is 30.6 Å². The summed E-state index contributed by atoms with van der Waals surface area (Å²) in [5.74, 6) is 1.13. The molecule has 2 aromatic rings. The molecule has 23 heavy (non-hydrogen) atoms. The zero-order valence-electron chi connectivity index (χ0n) is 13.2. The summed E-state index contributed by atoms with van der Waals surface area (Å²) in [6, 6.07) is 5.40. The molecule has 1 aromatic heterocycles. The fourth-order valence-electron chi connectivity index (χ4n) is 3.03. The molecule has 0 bridgehead atoms. The van der Waals surface area contributed by atoms with Crippen LogP contribution in [-0.4, -0.2) is 29.2 Å². The van der Waals surface area contributed by atoms with Gasteiger partial charge in [-0.1, -0.05) is 0 Å². The SMILES string of the molecule is COc1ccc(F)cc1-c1nccn1[C@@H]1CCN[C@@H](C)C1.Cl.Cl. The van der Waals surface area contributed by atoms with Gasteiger partial charge >= 0.3 is 0 Å².